The van der Waals surface area contributed by atoms with Crippen LogP contribution < -0.4 is 11.1 Å². The lowest BCUT2D eigenvalue weighted by atomic mass is 9.93. The summed E-state index contributed by atoms with van der Waals surface area (Å²) in [5, 5.41) is 2.96. The lowest BCUT2D eigenvalue weighted by Crippen LogP contribution is -2.16. The van der Waals surface area contributed by atoms with Crippen molar-refractivity contribution in [3.63, 3.8) is 0 Å². The van der Waals surface area contributed by atoms with Gasteiger partial charge in [-0.3, -0.25) is 14.4 Å². The largest absolute Gasteiger partial charge is 0.399 e. The third-order valence-electron chi connectivity index (χ3n) is 12.3. The molecule has 0 atom stereocenters. The number of carbonyl (C=O) groups is 3. The summed E-state index contributed by atoms with van der Waals surface area (Å²) in [5.41, 5.74) is 24.7. The molecule has 5 N–H and O–H groups in total. The smallest absolute Gasteiger partial charge is 0.255 e. The Morgan fingerprint density at radius 3 is 1.26 bits per heavy atom. The highest BCUT2D eigenvalue weighted by Crippen LogP contribution is 2.39. The molecule has 1 amide bonds. The van der Waals surface area contributed by atoms with Crippen molar-refractivity contribution in [1.82, 2.24) is 19.9 Å². The number of carbonyl (C=O) groups excluding carboxylic acids is 3. The number of anilines is 2. The topological polar surface area (TPSA) is 147 Å². The second-order valence-electron chi connectivity index (χ2n) is 16.7. The highest BCUT2D eigenvalue weighted by atomic mass is 16.2. The van der Waals surface area contributed by atoms with Crippen LogP contribution in [0.15, 0.2) is 152 Å². The van der Waals surface area contributed by atoms with Gasteiger partial charge in [0.1, 0.15) is 0 Å². The lowest BCUT2D eigenvalue weighted by molar-refractivity contribution is 0.0992. The molecule has 5 aromatic carbocycles. The predicted molar refractivity (Wildman–Crippen MR) is 267 cm³/mol. The zero-order valence-corrected chi connectivity index (χ0v) is 35.9. The molecular formula is C57H40N6O3. The maximum atomic E-state index is 13.5. The van der Waals surface area contributed by atoms with Crippen LogP contribution in [0.2, 0.25) is 0 Å². The first kappa shape index (κ1) is 39.9. The molecule has 3 aliphatic rings. The number of nitrogens with two attached hydrogens (primary N) is 1. The van der Waals surface area contributed by atoms with Gasteiger partial charge in [-0.05, 0) is 139 Å². The number of amides is 1. The van der Waals surface area contributed by atoms with Crippen molar-refractivity contribution in [3.8, 4) is 44.5 Å². The Balaban J connectivity index is 1.13. The highest BCUT2D eigenvalue weighted by Gasteiger charge is 2.22. The van der Waals surface area contributed by atoms with Crippen molar-refractivity contribution in [2.24, 2.45) is 0 Å². The number of aromatic amines is 2. The van der Waals surface area contributed by atoms with E-state index in [0.29, 0.717) is 11.4 Å². The fraction of sp³-hybridized carbons (Fsp3) is 0.0351. The van der Waals surface area contributed by atoms with Crippen LogP contribution in [-0.4, -0.2) is 37.4 Å². The van der Waals surface area contributed by atoms with Crippen LogP contribution in [0.4, 0.5) is 11.4 Å². The lowest BCUT2D eigenvalue weighted by Gasteiger charge is -2.12. The van der Waals surface area contributed by atoms with Gasteiger partial charge >= 0.3 is 0 Å². The molecule has 8 aromatic rings. The van der Waals surface area contributed by atoms with E-state index in [1.165, 1.54) is 24.3 Å². The molecule has 0 saturated heterocycles. The third-order valence-corrected chi connectivity index (χ3v) is 12.3. The molecule has 0 spiro atoms. The fourth-order valence-electron chi connectivity index (χ4n) is 8.87. The second kappa shape index (κ2) is 16.0. The van der Waals surface area contributed by atoms with Gasteiger partial charge < -0.3 is 21.0 Å². The van der Waals surface area contributed by atoms with Gasteiger partial charge in [0, 0.05) is 72.4 Å². The summed E-state index contributed by atoms with van der Waals surface area (Å²) in [5.74, 6) is -0.975. The van der Waals surface area contributed by atoms with Crippen LogP contribution in [0.1, 0.15) is 65.0 Å². The Morgan fingerprint density at radius 2 is 0.833 bits per heavy atom. The average molecular weight is 857 g/mol. The molecule has 0 fully saturated rings. The number of nitrogen functional groups attached to an aromatic ring is 1. The molecule has 9 heteroatoms. The number of allylic oxidation sites excluding steroid dienone is 2. The Kier molecular flexibility index (Phi) is 9.66. The number of hydrogen-bond donors (Lipinski definition) is 4. The Hall–Kier alpha value is -8.95. The molecule has 9 nitrogen and oxygen atoms in total. The number of hydrogen-bond acceptors (Lipinski definition) is 6. The van der Waals surface area contributed by atoms with Gasteiger partial charge in [0.15, 0.2) is 11.6 Å². The number of aromatic nitrogens is 4. The van der Waals surface area contributed by atoms with Crippen molar-refractivity contribution in [1.29, 1.82) is 0 Å². The van der Waals surface area contributed by atoms with Crippen molar-refractivity contribution < 1.29 is 14.4 Å². The first-order chi connectivity index (χ1) is 32.1. The minimum atomic E-state index is -0.401. The molecular weight excluding hydrogens is 817 g/mol. The molecule has 0 saturated carbocycles. The first-order valence-corrected chi connectivity index (χ1v) is 21.6. The summed E-state index contributed by atoms with van der Waals surface area (Å²) >= 11 is 0. The number of nitrogens with one attached hydrogen (secondary N) is 3. The summed E-state index contributed by atoms with van der Waals surface area (Å²) in [6.45, 7) is 4.16. The zero-order chi connectivity index (χ0) is 45.1. The predicted octanol–water partition coefficient (Wildman–Crippen LogP) is 12.7. The average Bonchev–Trinajstić information content (AvgIpc) is 4.18. The molecule has 2 aliphatic heterocycles. The van der Waals surface area contributed by atoms with E-state index >= 15 is 0 Å². The molecule has 1 aliphatic carbocycles. The van der Waals surface area contributed by atoms with Crippen molar-refractivity contribution >= 4 is 75.2 Å². The zero-order valence-electron chi connectivity index (χ0n) is 35.9. The van der Waals surface area contributed by atoms with E-state index in [2.05, 4.69) is 126 Å². The van der Waals surface area contributed by atoms with E-state index in [9.17, 15) is 14.4 Å². The number of H-pyrrole nitrogens is 2. The number of fused-ring (bicyclic) bond motifs is 9. The summed E-state index contributed by atoms with van der Waals surface area (Å²) in [6, 6.07) is 45.4. The Morgan fingerprint density at radius 1 is 0.455 bits per heavy atom. The molecule has 11 rings (SSSR count). The molecule has 5 heterocycles. The van der Waals surface area contributed by atoms with Crippen molar-refractivity contribution in [2.45, 2.75) is 13.8 Å². The molecule has 0 radical (unpaired) electrons. The van der Waals surface area contributed by atoms with Crippen molar-refractivity contribution in [3.05, 3.63) is 202 Å². The minimum Gasteiger partial charge on any atom is -0.399 e. The van der Waals surface area contributed by atoms with E-state index in [4.69, 9.17) is 15.7 Å². The Labute approximate surface area is 379 Å². The third kappa shape index (κ3) is 7.24. The fourth-order valence-corrected chi connectivity index (χ4v) is 8.87. The SMILES string of the molecule is Cc1ccc(-c2c3nc(c(-c4ccc(NC(=O)c5ccc6c(c5)C(=O)C=CC6=O)cc4)c4ccc([nH]4)c(-c4ccc(C)cc4)c4nc(c(-c5ccc(N)cc5)c5ccc2[nH]5)C=C4)C=C3)cc1. The molecule has 316 valence electrons. The van der Waals surface area contributed by atoms with Gasteiger partial charge in [-0.25, -0.2) is 9.97 Å². The quantitative estimate of drug-likeness (QED) is 0.122. The van der Waals surface area contributed by atoms with Gasteiger partial charge in [0.2, 0.25) is 0 Å². The maximum absolute atomic E-state index is 13.5. The van der Waals surface area contributed by atoms with E-state index in [1.54, 1.807) is 6.07 Å². The Bertz CT molecular complexity index is 3570. The highest BCUT2D eigenvalue weighted by molar-refractivity contribution is 6.23. The number of benzene rings is 5. The summed E-state index contributed by atoms with van der Waals surface area (Å²) in [4.78, 5) is 56.8. The molecule has 66 heavy (non-hydrogen) atoms. The van der Waals surface area contributed by atoms with Crippen molar-refractivity contribution in [2.75, 3.05) is 11.1 Å². The van der Waals surface area contributed by atoms with E-state index < -0.39 is 5.91 Å². The van der Waals surface area contributed by atoms with Gasteiger partial charge in [0.05, 0.1) is 22.8 Å². The standard InChI is InChI=1S/C57H40N6O3/c1-32-3-7-34(8-4-32)53-43-21-25-47(60-43)55(36-11-16-39(58)17-12-36)48-26-22-44(61-48)54(35-9-5-33(2)6-10-35)46-24-28-50(63-46)56(49-27-23-45(53)62-49)37-13-18-40(19-14-37)59-57(66)38-15-20-41-42(31-38)52(65)30-29-51(41)64/h3-31,60,63H,58H2,1-2H3,(H,59,66). The first-order valence-electron chi connectivity index (χ1n) is 21.6. The molecule has 0 unspecified atom stereocenters. The van der Waals surface area contributed by atoms with Gasteiger partial charge in [-0.2, -0.15) is 0 Å². The second-order valence-corrected chi connectivity index (χ2v) is 16.7. The molecule has 8 bridgehead atoms. The van der Waals surface area contributed by atoms with Crippen LogP contribution in [-0.2, 0) is 0 Å². The van der Waals surface area contributed by atoms with E-state index in [-0.39, 0.29) is 28.3 Å². The number of rotatable bonds is 6. The van der Waals surface area contributed by atoms with Crippen LogP contribution in [0.5, 0.6) is 0 Å². The minimum absolute atomic E-state index is 0.215. The normalized spacial score (nSPS) is 12.7. The van der Waals surface area contributed by atoms with Gasteiger partial charge in [0.25, 0.3) is 5.91 Å². The van der Waals surface area contributed by atoms with Gasteiger partial charge in [-0.1, -0.05) is 83.9 Å². The van der Waals surface area contributed by atoms with E-state index in [0.717, 1.165) is 100 Å². The molecule has 3 aromatic heterocycles. The number of nitrogens with zero attached hydrogens (tertiary/aromatic N) is 2. The summed E-state index contributed by atoms with van der Waals surface area (Å²) in [6.07, 6.45) is 10.8. The number of ketones is 2. The van der Waals surface area contributed by atoms with Crippen LogP contribution in [0, 0.1) is 13.8 Å². The maximum Gasteiger partial charge on any atom is 0.255 e. The summed E-state index contributed by atoms with van der Waals surface area (Å²) in [7, 11) is 0. The van der Waals surface area contributed by atoms with Crippen LogP contribution >= 0.6 is 0 Å². The van der Waals surface area contributed by atoms with E-state index in [1.807, 2.05) is 48.5 Å². The summed E-state index contributed by atoms with van der Waals surface area (Å²) < 4.78 is 0. The number of aryl methyl sites for hydroxylation is 2. The monoisotopic (exact) mass is 856 g/mol. The van der Waals surface area contributed by atoms with Crippen LogP contribution in [0.25, 0.3) is 90.9 Å². The van der Waals surface area contributed by atoms with Crippen LogP contribution in [0.3, 0.4) is 0 Å². The van der Waals surface area contributed by atoms with Gasteiger partial charge in [-0.15, -0.1) is 0 Å².